The smallest absolute Gasteiger partial charge is 0.258 e. The number of carbonyl (C=O) groups is 2. The van der Waals surface area contributed by atoms with Crippen LogP contribution in [-0.4, -0.2) is 65.6 Å². The molecule has 41 heavy (non-hydrogen) atoms. The van der Waals surface area contributed by atoms with Gasteiger partial charge in [-0.05, 0) is 68.8 Å². The van der Waals surface area contributed by atoms with Gasteiger partial charge in [0.1, 0.15) is 17.6 Å². The zero-order valence-electron chi connectivity index (χ0n) is 24.0. The topological polar surface area (TPSA) is 91.3 Å². The third-order valence-electron chi connectivity index (χ3n) is 7.74. The summed E-state index contributed by atoms with van der Waals surface area (Å²) in [6.45, 7) is 5.51. The first kappa shape index (κ1) is 28.6. The molecule has 2 aliphatic rings. The van der Waals surface area contributed by atoms with Crippen LogP contribution in [0, 0.1) is 11.8 Å². The molecular formula is C33H39N3O5. The zero-order chi connectivity index (χ0) is 28.9. The second-order valence-electron chi connectivity index (χ2n) is 11.3. The van der Waals surface area contributed by atoms with E-state index < -0.39 is 0 Å². The van der Waals surface area contributed by atoms with Gasteiger partial charge in [0.15, 0.2) is 5.75 Å². The van der Waals surface area contributed by atoms with Crippen LogP contribution in [0.15, 0.2) is 72.8 Å². The number of fused-ring (bicyclic) bond motifs is 1. The lowest BCUT2D eigenvalue weighted by atomic mass is 9.98. The molecule has 2 N–H and O–H groups in total. The molecule has 0 spiro atoms. The monoisotopic (exact) mass is 557 g/mol. The van der Waals surface area contributed by atoms with E-state index in [0.717, 1.165) is 29.9 Å². The lowest BCUT2D eigenvalue weighted by molar-refractivity contribution is -0.117. The zero-order valence-corrected chi connectivity index (χ0v) is 24.0. The first-order valence-electron chi connectivity index (χ1n) is 14.3. The van der Waals surface area contributed by atoms with E-state index in [-0.39, 0.29) is 42.4 Å². The second-order valence-corrected chi connectivity index (χ2v) is 11.3. The van der Waals surface area contributed by atoms with Crippen molar-refractivity contribution in [2.24, 2.45) is 11.8 Å². The number of hydrogen-bond acceptors (Lipinski definition) is 6. The molecule has 1 aliphatic carbocycles. The Bertz CT molecular complexity index is 1340. The minimum absolute atomic E-state index is 0.0198. The number of hydrogen-bond donors (Lipinski definition) is 2. The van der Waals surface area contributed by atoms with Crippen LogP contribution in [-0.2, 0) is 11.3 Å². The fourth-order valence-electron chi connectivity index (χ4n) is 5.11. The van der Waals surface area contributed by atoms with Crippen LogP contribution >= 0.6 is 0 Å². The number of likely N-dealkylation sites (N-methyl/N-ethyl adjacent to an activating group) is 1. The summed E-state index contributed by atoms with van der Waals surface area (Å²) in [5.74, 6) is 1.71. The normalized spacial score (nSPS) is 19.5. The molecule has 3 aromatic carbocycles. The number of carbonyl (C=O) groups excluding carboxylic acids is 2. The van der Waals surface area contributed by atoms with Gasteiger partial charge in [0.05, 0.1) is 23.9 Å². The summed E-state index contributed by atoms with van der Waals surface area (Å²) < 4.78 is 12.5. The maximum atomic E-state index is 13.6. The summed E-state index contributed by atoms with van der Waals surface area (Å²) >= 11 is 0. The molecule has 8 heteroatoms. The average molecular weight is 558 g/mol. The summed E-state index contributed by atoms with van der Waals surface area (Å²) in [5, 5.41) is 12.9. The Kier molecular flexibility index (Phi) is 8.90. The second kappa shape index (κ2) is 12.7. The van der Waals surface area contributed by atoms with Crippen molar-refractivity contribution in [1.29, 1.82) is 0 Å². The fraction of sp³-hybridized carbons (Fsp3) is 0.394. The Hall–Kier alpha value is -3.88. The molecule has 216 valence electrons. The molecule has 5 rings (SSSR count). The molecular weight excluding hydrogens is 518 g/mol. The Balaban J connectivity index is 1.34. The largest absolute Gasteiger partial charge is 0.486 e. The highest BCUT2D eigenvalue weighted by Gasteiger charge is 2.36. The Morgan fingerprint density at radius 2 is 1.78 bits per heavy atom. The van der Waals surface area contributed by atoms with Crippen LogP contribution in [0.2, 0.25) is 0 Å². The van der Waals surface area contributed by atoms with Crippen molar-refractivity contribution in [2.45, 2.75) is 45.4 Å². The Morgan fingerprint density at radius 1 is 1.07 bits per heavy atom. The van der Waals surface area contributed by atoms with E-state index in [2.05, 4.69) is 29.3 Å². The molecule has 8 nitrogen and oxygen atoms in total. The molecule has 1 saturated carbocycles. The molecule has 0 saturated heterocycles. The summed E-state index contributed by atoms with van der Waals surface area (Å²) in [6, 6.07) is 22.7. The summed E-state index contributed by atoms with van der Waals surface area (Å²) in [6.07, 6.45) is 1.50. The number of aliphatic hydroxyl groups excluding tert-OH is 1. The van der Waals surface area contributed by atoms with E-state index in [9.17, 15) is 14.7 Å². The molecule has 3 atom stereocenters. The predicted molar refractivity (Wildman–Crippen MR) is 158 cm³/mol. The van der Waals surface area contributed by atoms with Gasteiger partial charge < -0.3 is 24.8 Å². The molecule has 0 radical (unpaired) electrons. The van der Waals surface area contributed by atoms with Gasteiger partial charge in [0.2, 0.25) is 5.91 Å². The number of ether oxygens (including phenoxy) is 2. The number of para-hydroxylation sites is 2. The molecule has 0 aromatic heterocycles. The van der Waals surface area contributed by atoms with Gasteiger partial charge in [-0.2, -0.15) is 0 Å². The highest BCUT2D eigenvalue weighted by atomic mass is 16.5. The van der Waals surface area contributed by atoms with Gasteiger partial charge in [0.25, 0.3) is 5.91 Å². The summed E-state index contributed by atoms with van der Waals surface area (Å²) in [7, 11) is 2.05. The van der Waals surface area contributed by atoms with Crippen molar-refractivity contribution in [1.82, 2.24) is 9.80 Å². The van der Waals surface area contributed by atoms with Crippen LogP contribution in [0.4, 0.5) is 5.69 Å². The van der Waals surface area contributed by atoms with E-state index >= 15 is 0 Å². The molecule has 1 fully saturated rings. The molecule has 0 unspecified atom stereocenters. The maximum absolute atomic E-state index is 13.6. The van der Waals surface area contributed by atoms with Gasteiger partial charge in [-0.15, -0.1) is 0 Å². The highest BCUT2D eigenvalue weighted by molar-refractivity contribution is 6.02. The number of amides is 2. The van der Waals surface area contributed by atoms with Crippen molar-refractivity contribution in [3.8, 4) is 17.2 Å². The van der Waals surface area contributed by atoms with Gasteiger partial charge in [-0.3, -0.25) is 14.5 Å². The van der Waals surface area contributed by atoms with Crippen molar-refractivity contribution >= 4 is 17.5 Å². The molecule has 3 aromatic rings. The van der Waals surface area contributed by atoms with E-state index in [0.29, 0.717) is 36.6 Å². The van der Waals surface area contributed by atoms with Crippen LogP contribution in [0.1, 0.15) is 42.6 Å². The quantitative estimate of drug-likeness (QED) is 0.357. The average Bonchev–Trinajstić information content (AvgIpc) is 3.82. The van der Waals surface area contributed by atoms with Crippen molar-refractivity contribution in [3.05, 3.63) is 83.9 Å². The van der Waals surface area contributed by atoms with Crippen molar-refractivity contribution < 1.29 is 24.2 Å². The lowest BCUT2D eigenvalue weighted by Crippen LogP contribution is -2.49. The third-order valence-corrected chi connectivity index (χ3v) is 7.74. The molecule has 0 bridgehead atoms. The van der Waals surface area contributed by atoms with Gasteiger partial charge in [-0.1, -0.05) is 43.3 Å². The highest BCUT2D eigenvalue weighted by Crippen LogP contribution is 2.37. The Morgan fingerprint density at radius 3 is 2.46 bits per heavy atom. The number of anilines is 1. The van der Waals surface area contributed by atoms with E-state index in [1.54, 1.807) is 23.1 Å². The molecule has 2 amide bonds. The number of nitrogens with one attached hydrogen (secondary N) is 1. The number of benzene rings is 3. The van der Waals surface area contributed by atoms with Crippen LogP contribution in [0.5, 0.6) is 17.2 Å². The number of aliphatic hydroxyl groups is 1. The summed E-state index contributed by atoms with van der Waals surface area (Å²) in [5.41, 5.74) is 2.04. The van der Waals surface area contributed by atoms with Crippen molar-refractivity contribution in [3.63, 3.8) is 0 Å². The van der Waals surface area contributed by atoms with Crippen LogP contribution in [0.25, 0.3) is 0 Å². The minimum atomic E-state index is -0.351. The first-order valence-corrected chi connectivity index (χ1v) is 14.3. The van der Waals surface area contributed by atoms with Crippen LogP contribution < -0.4 is 14.8 Å². The van der Waals surface area contributed by atoms with E-state index in [1.165, 1.54) is 0 Å². The summed E-state index contributed by atoms with van der Waals surface area (Å²) in [4.78, 5) is 30.2. The number of nitrogens with zero attached hydrogens (tertiary/aromatic N) is 2. The first-order chi connectivity index (χ1) is 19.8. The van der Waals surface area contributed by atoms with E-state index in [1.807, 2.05) is 56.4 Å². The predicted octanol–water partition coefficient (Wildman–Crippen LogP) is 5.18. The lowest BCUT2D eigenvalue weighted by Gasteiger charge is -2.38. The molecule has 1 heterocycles. The van der Waals surface area contributed by atoms with Gasteiger partial charge in [0, 0.05) is 31.5 Å². The van der Waals surface area contributed by atoms with Crippen LogP contribution in [0.3, 0.4) is 0 Å². The fourth-order valence-corrected chi connectivity index (χ4v) is 5.11. The minimum Gasteiger partial charge on any atom is -0.486 e. The standard InChI is InChI=1S/C33H39N3O5/c1-22-18-36(23(2)21-37)33(39)28-10-7-11-29(34-32(38)25-14-15-25)31(28)41-30(22)20-35(3)19-24-12-16-27(17-13-24)40-26-8-5-4-6-9-26/h4-13,16-17,22-23,25,30,37H,14-15,18-21H2,1-3H3,(H,34,38)/t22-,23-,30-/m0/s1. The maximum Gasteiger partial charge on any atom is 0.258 e. The van der Waals surface area contributed by atoms with Crippen molar-refractivity contribution in [2.75, 3.05) is 32.1 Å². The van der Waals surface area contributed by atoms with E-state index in [4.69, 9.17) is 9.47 Å². The SMILES string of the molecule is C[C@H]1CN([C@@H](C)CO)C(=O)c2cccc(NC(=O)C3CC3)c2O[C@H]1CN(C)Cc1ccc(Oc2ccccc2)cc1. The third kappa shape index (κ3) is 7.07. The van der Waals surface area contributed by atoms with Gasteiger partial charge in [-0.25, -0.2) is 0 Å². The van der Waals surface area contributed by atoms with Gasteiger partial charge >= 0.3 is 0 Å². The molecule has 1 aliphatic heterocycles. The Labute approximate surface area is 241 Å². The number of rotatable bonds is 10.